The maximum Gasteiger partial charge on any atom is 0.346 e. The van der Waals surface area contributed by atoms with Crippen LogP contribution in [0.1, 0.15) is 40.5 Å². The topological polar surface area (TPSA) is 75.9 Å². The minimum absolute atomic E-state index is 0.309. The van der Waals surface area contributed by atoms with Crippen LogP contribution in [0.25, 0.3) is 31.8 Å². The first kappa shape index (κ1) is 28.9. The van der Waals surface area contributed by atoms with E-state index in [1.165, 1.54) is 11.3 Å². The third-order valence-electron chi connectivity index (χ3n) is 6.36. The van der Waals surface area contributed by atoms with Gasteiger partial charge in [-0.2, -0.15) is 0 Å². The molecule has 0 N–H and O–H groups in total. The van der Waals surface area contributed by atoms with E-state index in [4.69, 9.17) is 14.1 Å². The van der Waals surface area contributed by atoms with Gasteiger partial charge in [0.2, 0.25) is 0 Å². The number of fused-ring (bicyclic) bond motifs is 2. The second kappa shape index (κ2) is 13.3. The highest BCUT2D eigenvalue weighted by molar-refractivity contribution is 7.97. The number of carbonyl (C=O) groups is 1. The minimum Gasteiger partial charge on any atom is -0.461 e. The highest BCUT2D eigenvalue weighted by atomic mass is 32.2. The fourth-order valence-electron chi connectivity index (χ4n) is 4.16. The van der Waals surface area contributed by atoms with Gasteiger partial charge in [0.05, 0.1) is 15.8 Å². The van der Waals surface area contributed by atoms with E-state index in [1.807, 2.05) is 30.3 Å². The lowest BCUT2D eigenvalue weighted by atomic mass is 10.1. The quantitative estimate of drug-likeness (QED) is 0.0733. The lowest BCUT2D eigenvalue weighted by Gasteiger charge is -2.20. The zero-order valence-electron chi connectivity index (χ0n) is 23.0. The van der Waals surface area contributed by atoms with E-state index in [-0.39, 0.29) is 11.6 Å². The van der Waals surface area contributed by atoms with Crippen molar-refractivity contribution in [3.63, 3.8) is 0 Å². The first-order valence-electron chi connectivity index (χ1n) is 13.3. The summed E-state index contributed by atoms with van der Waals surface area (Å²) in [6.45, 7) is 15.2. The van der Waals surface area contributed by atoms with Crippen molar-refractivity contribution in [3.8, 4) is 10.6 Å². The van der Waals surface area contributed by atoms with Crippen LogP contribution in [0.3, 0.4) is 0 Å². The summed E-state index contributed by atoms with van der Waals surface area (Å²) < 4.78 is 14.2. The molecule has 2 heterocycles. The first-order chi connectivity index (χ1) is 18.8. The van der Waals surface area contributed by atoms with Crippen molar-refractivity contribution in [3.05, 3.63) is 65.0 Å². The number of unbranched alkanes of at least 4 members (excludes halogenated alkanes) is 1. The fourth-order valence-corrected chi connectivity index (χ4v) is 6.23. The van der Waals surface area contributed by atoms with Gasteiger partial charge in [-0.3, -0.25) is 0 Å². The van der Waals surface area contributed by atoms with Crippen molar-refractivity contribution in [2.45, 2.75) is 45.4 Å². The normalized spacial score (nSPS) is 11.4. The number of anilines is 1. The minimum atomic E-state index is -0.386. The number of aromatic nitrogens is 1. The highest BCUT2D eigenvalue weighted by Crippen LogP contribution is 2.34. The van der Waals surface area contributed by atoms with Crippen LogP contribution in [-0.2, 0) is 9.53 Å². The van der Waals surface area contributed by atoms with Crippen LogP contribution in [0.2, 0.25) is 0 Å². The van der Waals surface area contributed by atoms with E-state index >= 15 is 0 Å². The summed E-state index contributed by atoms with van der Waals surface area (Å²) in [5.74, 6) is -0.364. The lowest BCUT2D eigenvalue weighted by Crippen LogP contribution is -2.23. The van der Waals surface area contributed by atoms with Gasteiger partial charge in [-0.1, -0.05) is 19.9 Å². The molecule has 0 fully saturated rings. The molecule has 0 unspecified atom stereocenters. The summed E-state index contributed by atoms with van der Waals surface area (Å²) in [6, 6.07) is 14.0. The molecule has 4 rings (SSSR count). The van der Waals surface area contributed by atoms with Gasteiger partial charge in [-0.05, 0) is 75.5 Å². The summed E-state index contributed by atoms with van der Waals surface area (Å²) in [5.41, 5.74) is 2.94. The van der Waals surface area contributed by atoms with Gasteiger partial charge in [0.25, 0.3) is 0 Å². The standard InChI is InChI=1S/C30H35N3O4S2/c1-6-9-14-33(15-16-36-29(34)20(4)5)39-23-12-13-25-27(19-23)38-28(31-25)24-17-21-10-11-22(32(7-2)8-3)18-26(21)37-30(24)35/h10-13,17-19H,4,6-9,14-16H2,1-3,5H3. The van der Waals surface area contributed by atoms with Crippen LogP contribution < -0.4 is 10.5 Å². The first-order valence-corrected chi connectivity index (χ1v) is 14.9. The van der Waals surface area contributed by atoms with Crippen LogP contribution in [0, 0.1) is 0 Å². The molecule has 0 aliphatic carbocycles. The van der Waals surface area contributed by atoms with Crippen molar-refractivity contribution >= 4 is 56.1 Å². The molecule has 0 saturated heterocycles. The van der Waals surface area contributed by atoms with E-state index in [2.05, 4.69) is 48.7 Å². The van der Waals surface area contributed by atoms with Gasteiger partial charge in [0.15, 0.2) is 0 Å². The van der Waals surface area contributed by atoms with Crippen molar-refractivity contribution < 1.29 is 13.9 Å². The Balaban J connectivity index is 1.55. The molecular weight excluding hydrogens is 530 g/mol. The van der Waals surface area contributed by atoms with Gasteiger partial charge in [0, 0.05) is 53.8 Å². The highest BCUT2D eigenvalue weighted by Gasteiger charge is 2.16. The summed E-state index contributed by atoms with van der Waals surface area (Å²) in [4.78, 5) is 32.7. The van der Waals surface area contributed by atoms with Crippen LogP contribution in [0.5, 0.6) is 0 Å². The van der Waals surface area contributed by atoms with E-state index in [9.17, 15) is 9.59 Å². The number of hydrogen-bond acceptors (Lipinski definition) is 9. The number of benzene rings is 2. The predicted molar refractivity (Wildman–Crippen MR) is 163 cm³/mol. The molecule has 7 nitrogen and oxygen atoms in total. The van der Waals surface area contributed by atoms with Crippen LogP contribution >= 0.6 is 23.3 Å². The smallest absolute Gasteiger partial charge is 0.346 e. The molecule has 39 heavy (non-hydrogen) atoms. The Morgan fingerprint density at radius 1 is 1.10 bits per heavy atom. The molecule has 9 heteroatoms. The Morgan fingerprint density at radius 3 is 2.62 bits per heavy atom. The molecule has 2 aromatic carbocycles. The summed E-state index contributed by atoms with van der Waals surface area (Å²) in [6.07, 6.45) is 2.12. The lowest BCUT2D eigenvalue weighted by molar-refractivity contribution is -0.139. The number of ether oxygens (including phenoxy) is 1. The van der Waals surface area contributed by atoms with E-state index < -0.39 is 0 Å². The number of esters is 1. The third kappa shape index (κ3) is 7.09. The monoisotopic (exact) mass is 565 g/mol. The third-order valence-corrected chi connectivity index (χ3v) is 8.50. The fraction of sp³-hybridized carbons (Fsp3) is 0.367. The molecule has 0 aliphatic heterocycles. The molecule has 0 spiro atoms. The van der Waals surface area contributed by atoms with Crippen LogP contribution in [-0.4, -0.2) is 48.0 Å². The molecule has 0 radical (unpaired) electrons. The van der Waals surface area contributed by atoms with Gasteiger partial charge in [0.1, 0.15) is 17.2 Å². The van der Waals surface area contributed by atoms with Crippen molar-refractivity contribution in [2.75, 3.05) is 37.7 Å². The van der Waals surface area contributed by atoms with Gasteiger partial charge in [-0.15, -0.1) is 11.3 Å². The number of nitrogens with zero attached hydrogens (tertiary/aromatic N) is 3. The number of hydrogen-bond donors (Lipinski definition) is 0. The SMILES string of the molecule is C=C(C)C(=O)OCCN(CCCC)Sc1ccc2nc(-c3cc4ccc(N(CC)CC)cc4oc3=O)sc2c1. The van der Waals surface area contributed by atoms with E-state index in [1.54, 1.807) is 18.9 Å². The molecule has 0 amide bonds. The Morgan fingerprint density at radius 2 is 1.90 bits per heavy atom. The van der Waals surface area contributed by atoms with Gasteiger partial charge in [-0.25, -0.2) is 18.9 Å². The number of carbonyl (C=O) groups excluding carboxylic acids is 1. The zero-order valence-corrected chi connectivity index (χ0v) is 24.6. The zero-order chi connectivity index (χ0) is 27.9. The van der Waals surface area contributed by atoms with Gasteiger partial charge < -0.3 is 14.1 Å². The number of thiazole rings is 1. The molecule has 0 atom stereocenters. The van der Waals surface area contributed by atoms with E-state index in [0.717, 1.165) is 58.7 Å². The average molecular weight is 566 g/mol. The van der Waals surface area contributed by atoms with Gasteiger partial charge >= 0.3 is 11.6 Å². The van der Waals surface area contributed by atoms with E-state index in [0.29, 0.717) is 34.9 Å². The second-order valence-electron chi connectivity index (χ2n) is 9.28. The molecule has 0 aliphatic rings. The average Bonchev–Trinajstić information content (AvgIpc) is 3.34. The molecular formula is C30H35N3O4S2. The Labute approximate surface area is 237 Å². The van der Waals surface area contributed by atoms with Crippen LogP contribution in [0.4, 0.5) is 5.69 Å². The largest absolute Gasteiger partial charge is 0.461 e. The second-order valence-corrected chi connectivity index (χ2v) is 11.5. The summed E-state index contributed by atoms with van der Waals surface area (Å²) >= 11 is 3.12. The van der Waals surface area contributed by atoms with Crippen molar-refractivity contribution in [2.24, 2.45) is 0 Å². The Hall–Kier alpha value is -3.14. The molecule has 0 saturated carbocycles. The number of rotatable bonds is 13. The maximum absolute atomic E-state index is 13.0. The predicted octanol–water partition coefficient (Wildman–Crippen LogP) is 7.14. The Kier molecular flexibility index (Phi) is 9.83. The molecule has 206 valence electrons. The summed E-state index contributed by atoms with van der Waals surface area (Å²) in [7, 11) is 0. The maximum atomic E-state index is 13.0. The van der Waals surface area contributed by atoms with Crippen molar-refractivity contribution in [1.82, 2.24) is 9.29 Å². The molecule has 0 bridgehead atoms. The summed E-state index contributed by atoms with van der Waals surface area (Å²) in [5, 5.41) is 1.51. The van der Waals surface area contributed by atoms with Crippen LogP contribution in [0.15, 0.2) is 68.7 Å². The molecule has 4 aromatic rings. The Bertz CT molecular complexity index is 1520. The molecule has 2 aromatic heterocycles. The van der Waals surface area contributed by atoms with Crippen molar-refractivity contribution in [1.29, 1.82) is 0 Å².